The Morgan fingerprint density at radius 1 is 1.40 bits per heavy atom. The summed E-state index contributed by atoms with van der Waals surface area (Å²) in [7, 11) is 0. The van der Waals surface area contributed by atoms with Crippen LogP contribution in [0.2, 0.25) is 0 Å². The third-order valence-electron chi connectivity index (χ3n) is 2.88. The van der Waals surface area contributed by atoms with Gasteiger partial charge in [0, 0.05) is 25.0 Å². The molecule has 1 aliphatic heterocycles. The van der Waals surface area contributed by atoms with Crippen molar-refractivity contribution in [3.63, 3.8) is 0 Å². The molecular formula is C12H19N3. The van der Waals surface area contributed by atoms with Gasteiger partial charge in [0.15, 0.2) is 0 Å². The molecular weight excluding hydrogens is 186 g/mol. The van der Waals surface area contributed by atoms with Crippen LogP contribution in [0.15, 0.2) is 24.5 Å². The molecule has 3 heteroatoms. The summed E-state index contributed by atoms with van der Waals surface area (Å²) < 4.78 is 0. The summed E-state index contributed by atoms with van der Waals surface area (Å²) in [5.74, 6) is 0. The van der Waals surface area contributed by atoms with E-state index in [1.54, 1.807) is 0 Å². The minimum atomic E-state index is 0.697. The molecule has 3 nitrogen and oxygen atoms in total. The van der Waals surface area contributed by atoms with Crippen LogP contribution in [0.5, 0.6) is 0 Å². The largest absolute Gasteiger partial charge is 0.315 e. The van der Waals surface area contributed by atoms with E-state index < -0.39 is 0 Å². The summed E-state index contributed by atoms with van der Waals surface area (Å²) in [6, 6.07) is 4.89. The van der Waals surface area contributed by atoms with Gasteiger partial charge in [0.25, 0.3) is 0 Å². The number of pyridine rings is 1. The maximum Gasteiger partial charge on any atom is 0.0270 e. The average Bonchev–Trinajstić information content (AvgIpc) is 2.79. The molecule has 1 aromatic heterocycles. The third-order valence-corrected chi connectivity index (χ3v) is 2.88. The van der Waals surface area contributed by atoms with Crippen LogP contribution in [0.1, 0.15) is 18.4 Å². The van der Waals surface area contributed by atoms with Crippen molar-refractivity contribution in [2.45, 2.75) is 25.3 Å². The van der Waals surface area contributed by atoms with E-state index in [0.717, 1.165) is 19.5 Å². The fraction of sp³-hybridized carbons (Fsp3) is 0.583. The van der Waals surface area contributed by atoms with Crippen molar-refractivity contribution >= 4 is 0 Å². The first-order chi connectivity index (χ1) is 7.45. The summed E-state index contributed by atoms with van der Waals surface area (Å²) in [4.78, 5) is 4.01. The summed E-state index contributed by atoms with van der Waals surface area (Å²) in [5.41, 5.74) is 1.39. The number of hydrogen-bond acceptors (Lipinski definition) is 3. The van der Waals surface area contributed by atoms with Crippen molar-refractivity contribution in [3.05, 3.63) is 30.1 Å². The first-order valence-electron chi connectivity index (χ1n) is 5.78. The molecule has 0 aromatic carbocycles. The molecule has 1 aliphatic rings. The van der Waals surface area contributed by atoms with Gasteiger partial charge in [0.05, 0.1) is 0 Å². The Kier molecular flexibility index (Phi) is 4.11. The number of aromatic nitrogens is 1. The Balaban J connectivity index is 1.59. The van der Waals surface area contributed by atoms with E-state index in [1.165, 1.54) is 24.9 Å². The van der Waals surface area contributed by atoms with Crippen molar-refractivity contribution in [3.8, 4) is 0 Å². The third kappa shape index (κ3) is 3.61. The average molecular weight is 205 g/mol. The highest BCUT2D eigenvalue weighted by Gasteiger charge is 2.12. The predicted octanol–water partition coefficient (Wildman–Crippen LogP) is 0.966. The quantitative estimate of drug-likeness (QED) is 0.703. The first kappa shape index (κ1) is 10.6. The van der Waals surface area contributed by atoms with Crippen LogP contribution in [0, 0.1) is 0 Å². The minimum Gasteiger partial charge on any atom is -0.315 e. The zero-order valence-corrected chi connectivity index (χ0v) is 9.08. The maximum atomic E-state index is 4.01. The molecule has 0 aliphatic carbocycles. The van der Waals surface area contributed by atoms with Gasteiger partial charge in [-0.1, -0.05) is 0 Å². The van der Waals surface area contributed by atoms with Gasteiger partial charge in [0.1, 0.15) is 0 Å². The maximum absolute atomic E-state index is 4.01. The van der Waals surface area contributed by atoms with Gasteiger partial charge >= 0.3 is 0 Å². The fourth-order valence-electron chi connectivity index (χ4n) is 1.98. The van der Waals surface area contributed by atoms with Crippen LogP contribution in [0.4, 0.5) is 0 Å². The lowest BCUT2D eigenvalue weighted by Crippen LogP contribution is -2.31. The number of rotatable bonds is 5. The van der Waals surface area contributed by atoms with Crippen molar-refractivity contribution < 1.29 is 0 Å². The normalized spacial score (nSPS) is 20.7. The predicted molar refractivity (Wildman–Crippen MR) is 61.8 cm³/mol. The summed E-state index contributed by atoms with van der Waals surface area (Å²) in [5, 5.41) is 6.93. The van der Waals surface area contributed by atoms with Gasteiger partial charge < -0.3 is 10.6 Å². The van der Waals surface area contributed by atoms with Crippen molar-refractivity contribution in [1.82, 2.24) is 15.6 Å². The lowest BCUT2D eigenvalue weighted by molar-refractivity contribution is 0.535. The molecule has 1 saturated heterocycles. The number of aryl methyl sites for hydroxylation is 1. The molecule has 1 aromatic rings. The SMILES string of the molecule is c1cc(CCCNC2CCNC2)ccn1. The lowest BCUT2D eigenvalue weighted by atomic mass is 10.1. The van der Waals surface area contributed by atoms with Crippen LogP contribution in [-0.4, -0.2) is 30.7 Å². The van der Waals surface area contributed by atoms with Crippen LogP contribution in [0.3, 0.4) is 0 Å². The van der Waals surface area contributed by atoms with Gasteiger partial charge in [-0.25, -0.2) is 0 Å². The van der Waals surface area contributed by atoms with Gasteiger partial charge in [-0.05, 0) is 50.0 Å². The standard InChI is InChI=1S/C12H19N3/c1(2-11-3-7-13-8-4-11)6-15-12-5-9-14-10-12/h3-4,7-8,12,14-15H,1-2,5-6,9-10H2. The molecule has 0 saturated carbocycles. The zero-order valence-electron chi connectivity index (χ0n) is 9.08. The molecule has 82 valence electrons. The second kappa shape index (κ2) is 5.83. The summed E-state index contributed by atoms with van der Waals surface area (Å²) in [6.45, 7) is 3.42. The molecule has 1 atom stereocenters. The highest BCUT2D eigenvalue weighted by atomic mass is 15.0. The van der Waals surface area contributed by atoms with E-state index in [9.17, 15) is 0 Å². The van der Waals surface area contributed by atoms with Crippen molar-refractivity contribution in [2.75, 3.05) is 19.6 Å². The number of nitrogens with zero attached hydrogens (tertiary/aromatic N) is 1. The van der Waals surface area contributed by atoms with Crippen LogP contribution in [0.25, 0.3) is 0 Å². The smallest absolute Gasteiger partial charge is 0.0270 e. The molecule has 1 fully saturated rings. The van der Waals surface area contributed by atoms with Crippen LogP contribution < -0.4 is 10.6 Å². The molecule has 0 bridgehead atoms. The molecule has 2 N–H and O–H groups in total. The molecule has 15 heavy (non-hydrogen) atoms. The van der Waals surface area contributed by atoms with E-state index in [0.29, 0.717) is 6.04 Å². The van der Waals surface area contributed by atoms with Crippen molar-refractivity contribution in [1.29, 1.82) is 0 Å². The van der Waals surface area contributed by atoms with E-state index in [4.69, 9.17) is 0 Å². The minimum absolute atomic E-state index is 0.697. The Hall–Kier alpha value is -0.930. The Labute approximate surface area is 91.3 Å². The lowest BCUT2D eigenvalue weighted by Gasteiger charge is -2.10. The molecule has 1 unspecified atom stereocenters. The van der Waals surface area contributed by atoms with E-state index in [1.807, 2.05) is 12.4 Å². The van der Waals surface area contributed by atoms with E-state index in [-0.39, 0.29) is 0 Å². The second-order valence-electron chi connectivity index (χ2n) is 4.10. The molecule has 0 spiro atoms. The van der Waals surface area contributed by atoms with Gasteiger partial charge in [0.2, 0.25) is 0 Å². The fourth-order valence-corrected chi connectivity index (χ4v) is 1.98. The van der Waals surface area contributed by atoms with Crippen LogP contribution in [-0.2, 0) is 6.42 Å². The van der Waals surface area contributed by atoms with Gasteiger partial charge in [-0.15, -0.1) is 0 Å². The molecule has 0 amide bonds. The molecule has 0 radical (unpaired) electrons. The van der Waals surface area contributed by atoms with E-state index >= 15 is 0 Å². The Morgan fingerprint density at radius 2 is 2.27 bits per heavy atom. The highest BCUT2D eigenvalue weighted by Crippen LogP contribution is 2.01. The highest BCUT2D eigenvalue weighted by molar-refractivity contribution is 5.09. The zero-order chi connectivity index (χ0) is 10.3. The molecule has 2 rings (SSSR count). The van der Waals surface area contributed by atoms with E-state index in [2.05, 4.69) is 27.8 Å². The van der Waals surface area contributed by atoms with Gasteiger partial charge in [-0.3, -0.25) is 4.98 Å². The number of nitrogens with one attached hydrogen (secondary N) is 2. The molecule has 2 heterocycles. The topological polar surface area (TPSA) is 37.0 Å². The second-order valence-corrected chi connectivity index (χ2v) is 4.10. The first-order valence-corrected chi connectivity index (χ1v) is 5.78. The van der Waals surface area contributed by atoms with Crippen LogP contribution >= 0.6 is 0 Å². The Morgan fingerprint density at radius 3 is 3.00 bits per heavy atom. The monoisotopic (exact) mass is 205 g/mol. The Bertz CT molecular complexity index is 267. The summed E-state index contributed by atoms with van der Waals surface area (Å²) >= 11 is 0. The summed E-state index contributed by atoms with van der Waals surface area (Å²) in [6.07, 6.45) is 7.36. The number of hydrogen-bond donors (Lipinski definition) is 2. The van der Waals surface area contributed by atoms with Gasteiger partial charge in [-0.2, -0.15) is 0 Å². The van der Waals surface area contributed by atoms with Crippen molar-refractivity contribution in [2.24, 2.45) is 0 Å².